The second kappa shape index (κ2) is 10.7. The molecule has 2 heterocycles. The Labute approximate surface area is 202 Å². The zero-order valence-corrected chi connectivity index (χ0v) is 19.1. The van der Waals surface area contributed by atoms with Crippen LogP contribution in [0.25, 0.3) is 0 Å². The smallest absolute Gasteiger partial charge is 0.270 e. The third-order valence-corrected chi connectivity index (χ3v) is 5.53. The van der Waals surface area contributed by atoms with Crippen molar-refractivity contribution in [2.24, 2.45) is 0 Å². The topological polar surface area (TPSA) is 87.8 Å². The van der Waals surface area contributed by atoms with Crippen molar-refractivity contribution in [2.75, 3.05) is 6.54 Å². The zero-order chi connectivity index (χ0) is 23.9. The van der Waals surface area contributed by atoms with E-state index in [1.807, 2.05) is 36.4 Å². The van der Waals surface area contributed by atoms with E-state index >= 15 is 0 Å². The Kier molecular flexibility index (Phi) is 7.30. The number of carbonyl (C=O) groups excluding carboxylic acids is 1. The Morgan fingerprint density at radius 1 is 0.941 bits per heavy atom. The van der Waals surface area contributed by atoms with Crippen LogP contribution in [0, 0.1) is 5.41 Å². The summed E-state index contributed by atoms with van der Waals surface area (Å²) >= 11 is 5.98. The minimum atomic E-state index is -0.336. The number of carbonyl (C=O) groups is 1. The van der Waals surface area contributed by atoms with Crippen LogP contribution in [0.5, 0.6) is 0 Å². The highest BCUT2D eigenvalue weighted by atomic mass is 35.5. The summed E-state index contributed by atoms with van der Waals surface area (Å²) in [5.74, 6) is -0.336. The summed E-state index contributed by atoms with van der Waals surface area (Å²) in [6, 6.07) is 25.4. The van der Waals surface area contributed by atoms with E-state index in [0.717, 1.165) is 16.8 Å². The van der Waals surface area contributed by atoms with E-state index in [2.05, 4.69) is 10.3 Å². The first-order valence-electron chi connectivity index (χ1n) is 10.8. The Morgan fingerprint density at radius 2 is 1.71 bits per heavy atom. The number of aromatic nitrogens is 2. The number of nitrogens with one attached hydrogen (secondary N) is 2. The van der Waals surface area contributed by atoms with Crippen molar-refractivity contribution in [3.05, 3.63) is 135 Å². The fraction of sp³-hybridized carbons (Fsp3) is 0.111. The summed E-state index contributed by atoms with van der Waals surface area (Å²) in [7, 11) is 0. The number of hydrogen-bond acceptors (Lipinski definition) is 4. The summed E-state index contributed by atoms with van der Waals surface area (Å²) in [6.07, 6.45) is 2.35. The summed E-state index contributed by atoms with van der Waals surface area (Å²) in [4.78, 5) is 29.0. The number of nitrogens with zero attached hydrogens (tertiary/aromatic N) is 2. The maximum absolute atomic E-state index is 12.6. The van der Waals surface area contributed by atoms with Crippen molar-refractivity contribution >= 4 is 23.2 Å². The minimum absolute atomic E-state index is 0.0337. The van der Waals surface area contributed by atoms with Gasteiger partial charge in [0.2, 0.25) is 0 Å². The first-order chi connectivity index (χ1) is 16.5. The Bertz CT molecular complexity index is 1380. The molecule has 0 unspecified atom stereocenters. The average molecular weight is 471 g/mol. The molecule has 1 amide bonds. The highest BCUT2D eigenvalue weighted by molar-refractivity contribution is 6.31. The van der Waals surface area contributed by atoms with Gasteiger partial charge in [-0.05, 0) is 47.0 Å². The van der Waals surface area contributed by atoms with Crippen LogP contribution < -0.4 is 10.9 Å². The minimum Gasteiger partial charge on any atom is -0.345 e. The molecule has 170 valence electrons. The van der Waals surface area contributed by atoms with Crippen molar-refractivity contribution in [2.45, 2.75) is 13.0 Å². The van der Waals surface area contributed by atoms with E-state index in [0.29, 0.717) is 29.2 Å². The van der Waals surface area contributed by atoms with Gasteiger partial charge in [0, 0.05) is 29.4 Å². The molecule has 34 heavy (non-hydrogen) atoms. The van der Waals surface area contributed by atoms with E-state index in [9.17, 15) is 9.59 Å². The molecule has 0 fully saturated rings. The maximum atomic E-state index is 12.6. The lowest BCUT2D eigenvalue weighted by Crippen LogP contribution is -2.30. The third kappa shape index (κ3) is 6.05. The van der Waals surface area contributed by atoms with Gasteiger partial charge in [0.1, 0.15) is 5.69 Å². The SMILES string of the molecule is N=C(CNC(=O)c1cccc(Cc2ccc(Cn3ccccc3=O)cc2)n1)c1cccc(Cl)c1. The number of rotatable bonds is 8. The fourth-order valence-electron chi connectivity index (χ4n) is 3.50. The predicted molar refractivity (Wildman–Crippen MR) is 134 cm³/mol. The number of hydrogen-bond donors (Lipinski definition) is 2. The molecule has 0 aliphatic rings. The molecule has 0 spiro atoms. The van der Waals surface area contributed by atoms with Gasteiger partial charge in [-0.15, -0.1) is 0 Å². The lowest BCUT2D eigenvalue weighted by molar-refractivity contribution is 0.0954. The maximum Gasteiger partial charge on any atom is 0.270 e. The van der Waals surface area contributed by atoms with Gasteiger partial charge in [-0.3, -0.25) is 9.59 Å². The summed E-state index contributed by atoms with van der Waals surface area (Å²) in [5.41, 5.74) is 4.05. The van der Waals surface area contributed by atoms with Crippen molar-refractivity contribution in [1.82, 2.24) is 14.9 Å². The number of halogens is 1. The molecule has 0 radical (unpaired) electrons. The van der Waals surface area contributed by atoms with Crippen LogP contribution in [0.4, 0.5) is 0 Å². The molecule has 7 heteroatoms. The molecule has 2 N–H and O–H groups in total. The van der Waals surface area contributed by atoms with Crippen LogP contribution in [0.1, 0.15) is 32.9 Å². The Morgan fingerprint density at radius 3 is 2.47 bits per heavy atom. The molecular weight excluding hydrogens is 448 g/mol. The molecule has 2 aromatic heterocycles. The molecular formula is C27H23ClN4O2. The van der Waals surface area contributed by atoms with E-state index in [1.54, 1.807) is 59.3 Å². The third-order valence-electron chi connectivity index (χ3n) is 5.30. The first kappa shape index (κ1) is 23.1. The normalized spacial score (nSPS) is 10.6. The quantitative estimate of drug-likeness (QED) is 0.375. The second-order valence-corrected chi connectivity index (χ2v) is 8.28. The summed E-state index contributed by atoms with van der Waals surface area (Å²) in [5, 5.41) is 11.5. The highest BCUT2D eigenvalue weighted by Gasteiger charge is 2.10. The van der Waals surface area contributed by atoms with Gasteiger partial charge in [0.05, 0.1) is 18.8 Å². The van der Waals surface area contributed by atoms with Gasteiger partial charge in [0.25, 0.3) is 11.5 Å². The Hall–Kier alpha value is -4.03. The fourth-order valence-corrected chi connectivity index (χ4v) is 3.69. The molecule has 0 atom stereocenters. The molecule has 4 aromatic rings. The average Bonchev–Trinajstić information content (AvgIpc) is 2.85. The van der Waals surface area contributed by atoms with Gasteiger partial charge < -0.3 is 15.3 Å². The van der Waals surface area contributed by atoms with Crippen molar-refractivity contribution in [3.63, 3.8) is 0 Å². The molecule has 2 aromatic carbocycles. The number of pyridine rings is 2. The second-order valence-electron chi connectivity index (χ2n) is 7.85. The first-order valence-corrected chi connectivity index (χ1v) is 11.2. The zero-order valence-electron chi connectivity index (χ0n) is 18.4. The molecule has 0 aliphatic carbocycles. The van der Waals surface area contributed by atoms with E-state index < -0.39 is 0 Å². The van der Waals surface area contributed by atoms with Crippen LogP contribution in [-0.2, 0) is 13.0 Å². The molecule has 0 saturated carbocycles. The summed E-state index contributed by atoms with van der Waals surface area (Å²) < 4.78 is 1.66. The van der Waals surface area contributed by atoms with E-state index in [1.165, 1.54) is 0 Å². The molecule has 0 aliphatic heterocycles. The van der Waals surface area contributed by atoms with Crippen molar-refractivity contribution < 1.29 is 4.79 Å². The van der Waals surface area contributed by atoms with E-state index in [-0.39, 0.29) is 23.7 Å². The molecule has 6 nitrogen and oxygen atoms in total. The van der Waals surface area contributed by atoms with Crippen molar-refractivity contribution in [1.29, 1.82) is 5.41 Å². The summed E-state index contributed by atoms with van der Waals surface area (Å²) in [6.45, 7) is 0.592. The van der Waals surface area contributed by atoms with E-state index in [4.69, 9.17) is 17.0 Å². The lowest BCUT2D eigenvalue weighted by atomic mass is 10.1. The molecule has 0 bridgehead atoms. The number of amides is 1. The van der Waals surface area contributed by atoms with Gasteiger partial charge >= 0.3 is 0 Å². The van der Waals surface area contributed by atoms with Gasteiger partial charge in [0.15, 0.2) is 0 Å². The monoisotopic (exact) mass is 470 g/mol. The highest BCUT2D eigenvalue weighted by Crippen LogP contribution is 2.12. The number of benzene rings is 2. The largest absolute Gasteiger partial charge is 0.345 e. The van der Waals surface area contributed by atoms with Gasteiger partial charge in [-0.2, -0.15) is 0 Å². The van der Waals surface area contributed by atoms with Crippen LogP contribution in [-0.4, -0.2) is 27.7 Å². The van der Waals surface area contributed by atoms with Gasteiger partial charge in [-0.1, -0.05) is 60.1 Å². The van der Waals surface area contributed by atoms with Crippen LogP contribution in [0.2, 0.25) is 5.02 Å². The van der Waals surface area contributed by atoms with Crippen LogP contribution >= 0.6 is 11.6 Å². The van der Waals surface area contributed by atoms with Gasteiger partial charge in [-0.25, -0.2) is 4.98 Å². The Balaban J connectivity index is 1.36. The lowest BCUT2D eigenvalue weighted by Gasteiger charge is -2.09. The predicted octanol–water partition coefficient (Wildman–Crippen LogP) is 4.33. The molecule has 4 rings (SSSR count). The van der Waals surface area contributed by atoms with Crippen LogP contribution in [0.15, 0.2) is 95.9 Å². The van der Waals surface area contributed by atoms with Crippen LogP contribution in [0.3, 0.4) is 0 Å². The molecule has 0 saturated heterocycles. The van der Waals surface area contributed by atoms with Crippen molar-refractivity contribution in [3.8, 4) is 0 Å². The standard InChI is InChI=1S/C27H23ClN4O2/c28-22-6-3-5-21(16-22)24(29)17-30-27(34)25-8-4-7-23(31-25)15-19-10-12-20(13-11-19)18-32-14-2-1-9-26(32)33/h1-14,16,29H,15,17-18H2,(H,30,34).